The number of carbonyl (C=O) groups excluding carboxylic acids is 2. The number of hydrogen-bond acceptors (Lipinski definition) is 4. The van der Waals surface area contributed by atoms with E-state index in [1.165, 1.54) is 57.8 Å². The molecule has 0 aromatic heterocycles. The number of unbranched alkanes of at least 4 members (excludes halogenated alkanes) is 11. The summed E-state index contributed by atoms with van der Waals surface area (Å²) in [4.78, 5) is 26.3. The predicted molar refractivity (Wildman–Crippen MR) is 151 cm³/mol. The summed E-state index contributed by atoms with van der Waals surface area (Å²) in [5.74, 6) is -0.293. The summed E-state index contributed by atoms with van der Waals surface area (Å²) in [6.07, 6.45) is 18.9. The fourth-order valence-electron chi connectivity index (χ4n) is 4.68. The molecule has 0 fully saturated rings. The minimum Gasteiger partial charge on any atom is -0.462 e. The molecule has 0 aliphatic rings. The van der Waals surface area contributed by atoms with Crippen LogP contribution in [0.25, 0.3) is 0 Å². The Bertz CT molecular complexity index is 712. The average molecular weight is 503 g/mol. The quantitative estimate of drug-likeness (QED) is 0.117. The highest BCUT2D eigenvalue weighted by atomic mass is 16.5. The van der Waals surface area contributed by atoms with Crippen molar-refractivity contribution < 1.29 is 19.1 Å². The first-order valence-electron chi connectivity index (χ1n) is 15.0. The molecule has 1 aromatic rings. The van der Waals surface area contributed by atoms with Crippen LogP contribution < -0.4 is 0 Å². The van der Waals surface area contributed by atoms with Gasteiger partial charge in [0.25, 0.3) is 0 Å². The lowest BCUT2D eigenvalue weighted by molar-refractivity contribution is 0.0449. The molecule has 0 saturated carbocycles. The number of carbonyl (C=O) groups is 2. The zero-order valence-electron chi connectivity index (χ0n) is 23.9. The van der Waals surface area contributed by atoms with Crippen LogP contribution in [-0.4, -0.2) is 25.2 Å². The number of benzene rings is 1. The Morgan fingerprint density at radius 2 is 1.19 bits per heavy atom. The van der Waals surface area contributed by atoms with Crippen molar-refractivity contribution in [1.82, 2.24) is 0 Å². The Morgan fingerprint density at radius 1 is 0.667 bits per heavy atom. The lowest BCUT2D eigenvalue weighted by atomic mass is 9.88. The van der Waals surface area contributed by atoms with E-state index in [0.29, 0.717) is 30.3 Å². The highest BCUT2D eigenvalue weighted by Gasteiger charge is 2.24. The average Bonchev–Trinajstić information content (AvgIpc) is 2.89. The zero-order valence-corrected chi connectivity index (χ0v) is 23.9. The van der Waals surface area contributed by atoms with E-state index in [2.05, 4.69) is 27.7 Å². The first-order chi connectivity index (χ1) is 17.6. The molecular weight excluding hydrogens is 448 g/mol. The van der Waals surface area contributed by atoms with Gasteiger partial charge < -0.3 is 9.47 Å². The second-order valence-corrected chi connectivity index (χ2v) is 10.3. The Morgan fingerprint density at radius 3 is 1.75 bits per heavy atom. The lowest BCUT2D eigenvalue weighted by Crippen LogP contribution is -2.19. The van der Waals surface area contributed by atoms with Gasteiger partial charge in [-0.2, -0.15) is 0 Å². The molecule has 4 nitrogen and oxygen atoms in total. The molecule has 0 heterocycles. The van der Waals surface area contributed by atoms with Crippen LogP contribution in [0, 0.1) is 5.92 Å². The molecule has 0 spiro atoms. The van der Waals surface area contributed by atoms with Gasteiger partial charge in [-0.3, -0.25) is 0 Å². The van der Waals surface area contributed by atoms with Crippen molar-refractivity contribution in [1.29, 1.82) is 0 Å². The molecule has 0 aliphatic heterocycles. The fourth-order valence-corrected chi connectivity index (χ4v) is 4.68. The van der Waals surface area contributed by atoms with E-state index in [1.54, 1.807) is 6.07 Å². The molecule has 4 heteroatoms. The van der Waals surface area contributed by atoms with Gasteiger partial charge in [0.2, 0.25) is 0 Å². The lowest BCUT2D eigenvalue weighted by Gasteiger charge is -2.18. The molecule has 1 atom stereocenters. The van der Waals surface area contributed by atoms with Gasteiger partial charge in [-0.1, -0.05) is 130 Å². The molecule has 36 heavy (non-hydrogen) atoms. The summed E-state index contributed by atoms with van der Waals surface area (Å²) in [5, 5.41) is 0. The van der Waals surface area contributed by atoms with E-state index in [-0.39, 0.29) is 5.97 Å². The van der Waals surface area contributed by atoms with Crippen LogP contribution in [0.3, 0.4) is 0 Å². The minimum absolute atomic E-state index is 0.358. The molecule has 0 saturated heterocycles. The van der Waals surface area contributed by atoms with Gasteiger partial charge in [0.1, 0.15) is 0 Å². The van der Waals surface area contributed by atoms with Crippen LogP contribution in [0.5, 0.6) is 0 Å². The van der Waals surface area contributed by atoms with Crippen molar-refractivity contribution in [3.63, 3.8) is 0 Å². The summed E-state index contributed by atoms with van der Waals surface area (Å²) >= 11 is 0. The summed E-state index contributed by atoms with van der Waals surface area (Å²) in [6.45, 7) is 9.63. The number of ether oxygens (including phenoxy) is 2. The Hall–Kier alpha value is -1.84. The summed E-state index contributed by atoms with van der Waals surface area (Å²) in [7, 11) is 0. The van der Waals surface area contributed by atoms with Gasteiger partial charge in [0.15, 0.2) is 0 Å². The second kappa shape index (κ2) is 21.3. The van der Waals surface area contributed by atoms with Crippen LogP contribution in [0.15, 0.2) is 18.2 Å². The standard InChI is InChI=1S/C32H54O4/c1-5-9-12-14-16-18-24-35-31(33)29-23-20-22-28(26-27(8-4)21-11-7-3)30(29)32(34)36-25-19-17-15-13-10-6-2/h20,22-23,27H,5-19,21,24-26H2,1-4H3. The SMILES string of the molecule is CCCCCCCCOC(=O)c1cccc(CC(CC)CCCC)c1C(=O)OCCCCCCCC. The van der Waals surface area contributed by atoms with Crippen LogP contribution in [-0.2, 0) is 15.9 Å². The van der Waals surface area contributed by atoms with Crippen molar-refractivity contribution in [2.75, 3.05) is 13.2 Å². The molecule has 1 unspecified atom stereocenters. The van der Waals surface area contributed by atoms with Gasteiger partial charge in [0.05, 0.1) is 24.3 Å². The minimum atomic E-state index is -0.404. The number of esters is 2. The van der Waals surface area contributed by atoms with Crippen molar-refractivity contribution in [2.24, 2.45) is 5.92 Å². The molecule has 0 radical (unpaired) electrons. The van der Waals surface area contributed by atoms with Crippen LogP contribution >= 0.6 is 0 Å². The Balaban J connectivity index is 2.86. The third kappa shape index (κ3) is 13.5. The normalized spacial score (nSPS) is 11.9. The van der Waals surface area contributed by atoms with Gasteiger partial charge >= 0.3 is 11.9 Å². The van der Waals surface area contributed by atoms with Crippen molar-refractivity contribution >= 4 is 11.9 Å². The number of hydrogen-bond donors (Lipinski definition) is 0. The van der Waals surface area contributed by atoms with E-state index >= 15 is 0 Å². The van der Waals surface area contributed by atoms with Gasteiger partial charge in [0, 0.05) is 0 Å². The maximum atomic E-state index is 13.3. The highest BCUT2D eigenvalue weighted by molar-refractivity contribution is 6.04. The molecule has 1 aromatic carbocycles. The highest BCUT2D eigenvalue weighted by Crippen LogP contribution is 2.25. The maximum Gasteiger partial charge on any atom is 0.339 e. The van der Waals surface area contributed by atoms with Gasteiger partial charge in [-0.15, -0.1) is 0 Å². The van der Waals surface area contributed by atoms with Crippen molar-refractivity contribution in [2.45, 2.75) is 137 Å². The molecule has 0 amide bonds. The predicted octanol–water partition coefficient (Wildman–Crippen LogP) is 9.48. The molecule has 0 bridgehead atoms. The summed E-state index contributed by atoms with van der Waals surface area (Å²) in [5.41, 5.74) is 1.70. The molecule has 1 rings (SSSR count). The van der Waals surface area contributed by atoms with Crippen molar-refractivity contribution in [3.8, 4) is 0 Å². The van der Waals surface area contributed by atoms with Crippen LogP contribution in [0.4, 0.5) is 0 Å². The van der Waals surface area contributed by atoms with E-state index < -0.39 is 5.97 Å². The maximum absolute atomic E-state index is 13.3. The summed E-state index contributed by atoms with van der Waals surface area (Å²) in [6, 6.07) is 5.59. The third-order valence-electron chi connectivity index (χ3n) is 7.09. The van der Waals surface area contributed by atoms with E-state index in [4.69, 9.17) is 9.47 Å². The van der Waals surface area contributed by atoms with Gasteiger partial charge in [-0.25, -0.2) is 9.59 Å². The largest absolute Gasteiger partial charge is 0.462 e. The second-order valence-electron chi connectivity index (χ2n) is 10.3. The van der Waals surface area contributed by atoms with E-state index in [0.717, 1.165) is 56.9 Å². The van der Waals surface area contributed by atoms with Crippen molar-refractivity contribution in [3.05, 3.63) is 34.9 Å². The van der Waals surface area contributed by atoms with Gasteiger partial charge in [-0.05, 0) is 36.8 Å². The molecule has 206 valence electrons. The monoisotopic (exact) mass is 502 g/mol. The zero-order chi connectivity index (χ0) is 26.4. The van der Waals surface area contributed by atoms with E-state index in [1.807, 2.05) is 12.1 Å². The number of rotatable bonds is 22. The molecule has 0 aliphatic carbocycles. The fraction of sp³-hybridized carbons (Fsp3) is 0.750. The molecule has 0 N–H and O–H groups in total. The van der Waals surface area contributed by atoms with E-state index in [9.17, 15) is 9.59 Å². The molecular formula is C32H54O4. The Kier molecular flexibility index (Phi) is 19.0. The summed E-state index contributed by atoms with van der Waals surface area (Å²) < 4.78 is 11.3. The first-order valence-corrected chi connectivity index (χ1v) is 15.0. The first kappa shape index (κ1) is 32.2. The van der Waals surface area contributed by atoms with Crippen LogP contribution in [0.1, 0.15) is 157 Å². The topological polar surface area (TPSA) is 52.6 Å². The third-order valence-corrected chi connectivity index (χ3v) is 7.09. The van der Waals surface area contributed by atoms with Crippen LogP contribution in [0.2, 0.25) is 0 Å². The Labute approximate surface area is 221 Å². The smallest absolute Gasteiger partial charge is 0.339 e.